The van der Waals surface area contributed by atoms with Crippen LogP contribution in [0.2, 0.25) is 5.02 Å². The quantitative estimate of drug-likeness (QED) is 0.213. The van der Waals surface area contributed by atoms with E-state index in [1.54, 1.807) is 42.1 Å². The van der Waals surface area contributed by atoms with Gasteiger partial charge in [0.2, 0.25) is 0 Å². The maximum Gasteiger partial charge on any atom is 0.417 e. The minimum atomic E-state index is -4.65. The summed E-state index contributed by atoms with van der Waals surface area (Å²) < 4.78 is 41.3. The lowest BCUT2D eigenvalue weighted by atomic mass is 10.0. The van der Waals surface area contributed by atoms with Crippen LogP contribution in [0.25, 0.3) is 5.65 Å². The van der Waals surface area contributed by atoms with Gasteiger partial charge < -0.3 is 16.4 Å². The van der Waals surface area contributed by atoms with Gasteiger partial charge >= 0.3 is 6.18 Å². The maximum atomic E-state index is 13.2. The van der Waals surface area contributed by atoms with Crippen molar-refractivity contribution >= 4 is 40.7 Å². The minimum absolute atomic E-state index is 0.0297. The lowest BCUT2D eigenvalue weighted by Crippen LogP contribution is -2.14. The van der Waals surface area contributed by atoms with Crippen molar-refractivity contribution < 1.29 is 18.0 Å². The molecule has 0 fully saturated rings. The molecule has 0 aliphatic rings. The number of carbonyl (C=O) groups excluding carboxylic acids is 1. The molecule has 0 aliphatic carbocycles. The Bertz CT molecular complexity index is 1680. The third-order valence-electron chi connectivity index (χ3n) is 5.62. The van der Waals surface area contributed by atoms with Crippen molar-refractivity contribution in [1.29, 1.82) is 0 Å². The molecule has 0 radical (unpaired) electrons. The van der Waals surface area contributed by atoms with Crippen LogP contribution in [0.5, 0.6) is 0 Å². The van der Waals surface area contributed by atoms with Gasteiger partial charge in [-0.3, -0.25) is 14.2 Å². The van der Waals surface area contributed by atoms with Gasteiger partial charge in [0.05, 0.1) is 28.2 Å². The van der Waals surface area contributed by atoms with Gasteiger partial charge in [-0.1, -0.05) is 23.6 Å². The first-order chi connectivity index (χ1) is 18.6. The third-order valence-corrected chi connectivity index (χ3v) is 5.95. The number of amides is 1. The highest BCUT2D eigenvalue weighted by atomic mass is 35.5. The van der Waals surface area contributed by atoms with Crippen LogP contribution in [0.3, 0.4) is 0 Å². The molecule has 1 amide bonds. The number of halogens is 4. The van der Waals surface area contributed by atoms with Gasteiger partial charge in [0.25, 0.3) is 5.91 Å². The number of benzene rings is 2. The van der Waals surface area contributed by atoms with E-state index in [4.69, 9.17) is 17.3 Å². The van der Waals surface area contributed by atoms with Crippen LogP contribution in [0, 0.1) is 18.8 Å². The number of aryl methyl sites for hydroxylation is 1. The SMILES string of the molecule is CN=CC(=CN)Nc1cccn2c(C#Cc3cc(C(=O)Nc4ccc(Cl)c(C(F)(F)F)c4)ccc3C)cnc12. The lowest BCUT2D eigenvalue weighted by molar-refractivity contribution is -0.137. The number of carbonyl (C=O) groups is 1. The van der Waals surface area contributed by atoms with Gasteiger partial charge in [0.1, 0.15) is 5.69 Å². The van der Waals surface area contributed by atoms with Crippen LogP contribution in [-0.4, -0.2) is 28.6 Å². The molecule has 11 heteroatoms. The van der Waals surface area contributed by atoms with Crippen LogP contribution in [0.15, 0.2) is 77.8 Å². The van der Waals surface area contributed by atoms with Crippen molar-refractivity contribution in [2.45, 2.75) is 13.1 Å². The van der Waals surface area contributed by atoms with Gasteiger partial charge in [0.15, 0.2) is 5.65 Å². The van der Waals surface area contributed by atoms with Crippen LogP contribution < -0.4 is 16.4 Å². The molecule has 4 rings (SSSR count). The summed E-state index contributed by atoms with van der Waals surface area (Å²) in [6, 6.07) is 11.7. The van der Waals surface area contributed by atoms with Crippen molar-refractivity contribution in [2.24, 2.45) is 10.7 Å². The van der Waals surface area contributed by atoms with E-state index in [1.807, 2.05) is 25.3 Å². The second-order valence-corrected chi connectivity index (χ2v) is 8.73. The first-order valence-corrected chi connectivity index (χ1v) is 11.9. The number of aromatic nitrogens is 2. The topological polar surface area (TPSA) is 96.8 Å². The Morgan fingerprint density at radius 3 is 2.67 bits per heavy atom. The van der Waals surface area contributed by atoms with Crippen molar-refractivity contribution in [2.75, 3.05) is 17.7 Å². The molecule has 2 heterocycles. The number of fused-ring (bicyclic) bond motifs is 1. The van der Waals surface area contributed by atoms with E-state index in [2.05, 4.69) is 32.5 Å². The normalized spacial score (nSPS) is 11.9. The molecule has 4 aromatic rings. The van der Waals surface area contributed by atoms with Crippen LogP contribution >= 0.6 is 11.6 Å². The lowest BCUT2D eigenvalue weighted by Gasteiger charge is -2.12. The number of allylic oxidation sites excluding steroid dienone is 1. The van der Waals surface area contributed by atoms with Crippen molar-refractivity contribution in [1.82, 2.24) is 9.38 Å². The average molecular weight is 551 g/mol. The Morgan fingerprint density at radius 1 is 1.15 bits per heavy atom. The van der Waals surface area contributed by atoms with E-state index in [9.17, 15) is 18.0 Å². The molecule has 2 aromatic carbocycles. The largest absolute Gasteiger partial charge is 0.417 e. The molecular formula is C28H22ClF3N6O. The number of anilines is 2. The molecule has 0 saturated heterocycles. The van der Waals surface area contributed by atoms with E-state index in [-0.39, 0.29) is 11.3 Å². The zero-order valence-corrected chi connectivity index (χ0v) is 21.5. The smallest absolute Gasteiger partial charge is 0.403 e. The number of aliphatic imine (C=N–C) groups is 1. The second-order valence-electron chi connectivity index (χ2n) is 8.32. The zero-order chi connectivity index (χ0) is 28.2. The number of hydrogen-bond donors (Lipinski definition) is 3. The van der Waals surface area contributed by atoms with Crippen LogP contribution in [0.1, 0.15) is 32.7 Å². The van der Waals surface area contributed by atoms with Gasteiger partial charge in [-0.2, -0.15) is 13.2 Å². The summed E-state index contributed by atoms with van der Waals surface area (Å²) in [5.41, 5.74) is 8.73. The van der Waals surface area contributed by atoms with Crippen LogP contribution in [0.4, 0.5) is 24.5 Å². The number of alkyl halides is 3. The first kappa shape index (κ1) is 27.3. The number of rotatable bonds is 5. The van der Waals surface area contributed by atoms with E-state index in [0.717, 1.165) is 17.7 Å². The Hall–Kier alpha value is -4.75. The maximum absolute atomic E-state index is 13.2. The van der Waals surface area contributed by atoms with E-state index in [1.165, 1.54) is 12.3 Å². The Kier molecular flexibility index (Phi) is 7.93. The summed E-state index contributed by atoms with van der Waals surface area (Å²) in [6.45, 7) is 1.84. The summed E-state index contributed by atoms with van der Waals surface area (Å²) in [5.74, 6) is 5.56. The van der Waals surface area contributed by atoms with E-state index in [0.29, 0.717) is 28.3 Å². The number of nitrogens with zero attached hydrogens (tertiary/aromatic N) is 3. The van der Waals surface area contributed by atoms with E-state index >= 15 is 0 Å². The van der Waals surface area contributed by atoms with Gasteiger partial charge in [0, 0.05) is 42.5 Å². The molecule has 0 aliphatic heterocycles. The average Bonchev–Trinajstić information content (AvgIpc) is 3.32. The predicted octanol–water partition coefficient (Wildman–Crippen LogP) is 5.88. The standard InChI is InChI=1S/C28H22ClF3N6O/c1-17-5-6-19(27(39)37-20-8-10-24(29)23(13-20)28(30,31)32)12-18(17)7-9-22-16-35-26-25(4-3-11-38(22)26)36-21(14-33)15-34-2/h3-6,8,10-16,36H,33H2,1-2H3,(H,37,39). The molecule has 4 N–H and O–H groups in total. The highest BCUT2D eigenvalue weighted by Gasteiger charge is 2.33. The van der Waals surface area contributed by atoms with Gasteiger partial charge in [-0.05, 0) is 60.9 Å². The molecule has 39 heavy (non-hydrogen) atoms. The fraction of sp³-hybridized carbons (Fsp3) is 0.107. The molecule has 0 bridgehead atoms. The molecule has 0 saturated carbocycles. The Morgan fingerprint density at radius 2 is 1.95 bits per heavy atom. The highest BCUT2D eigenvalue weighted by molar-refractivity contribution is 6.31. The monoisotopic (exact) mass is 550 g/mol. The Labute approximate surface area is 227 Å². The van der Waals surface area contributed by atoms with Gasteiger partial charge in [-0.25, -0.2) is 4.98 Å². The number of pyridine rings is 1. The summed E-state index contributed by atoms with van der Waals surface area (Å²) in [6.07, 6.45) is 1.77. The molecule has 0 atom stereocenters. The number of nitrogens with one attached hydrogen (secondary N) is 2. The van der Waals surface area contributed by atoms with Crippen molar-refractivity contribution in [3.63, 3.8) is 0 Å². The highest BCUT2D eigenvalue weighted by Crippen LogP contribution is 2.36. The predicted molar refractivity (Wildman–Crippen MR) is 147 cm³/mol. The molecule has 2 aromatic heterocycles. The number of nitrogens with two attached hydrogens (primary N) is 1. The minimum Gasteiger partial charge on any atom is -0.403 e. The van der Waals surface area contributed by atoms with Crippen molar-refractivity contribution in [3.8, 4) is 11.8 Å². The molecule has 0 unspecified atom stereocenters. The number of imidazole rings is 1. The second kappa shape index (κ2) is 11.3. The zero-order valence-electron chi connectivity index (χ0n) is 20.8. The van der Waals surface area contributed by atoms with Crippen LogP contribution in [-0.2, 0) is 6.18 Å². The summed E-state index contributed by atoms with van der Waals surface area (Å²) in [4.78, 5) is 21.2. The molecule has 198 valence electrons. The van der Waals surface area contributed by atoms with Crippen molar-refractivity contribution in [3.05, 3.63) is 106 Å². The molecular weight excluding hydrogens is 529 g/mol. The molecule has 7 nitrogen and oxygen atoms in total. The summed E-state index contributed by atoms with van der Waals surface area (Å²) >= 11 is 5.67. The Balaban J connectivity index is 1.60. The summed E-state index contributed by atoms with van der Waals surface area (Å²) in [5, 5.41) is 5.20. The fourth-order valence-corrected chi connectivity index (χ4v) is 3.89. The van der Waals surface area contributed by atoms with Gasteiger partial charge in [-0.15, -0.1) is 0 Å². The summed E-state index contributed by atoms with van der Waals surface area (Å²) in [7, 11) is 1.64. The first-order valence-electron chi connectivity index (χ1n) is 11.5. The fourth-order valence-electron chi connectivity index (χ4n) is 3.67. The third kappa shape index (κ3) is 6.22. The molecule has 0 spiro atoms. The number of hydrogen-bond acceptors (Lipinski definition) is 5. The van der Waals surface area contributed by atoms with E-state index < -0.39 is 22.7 Å².